The smallest absolute Gasteiger partial charge is 0.329 e. The Morgan fingerprint density at radius 1 is 1.53 bits per heavy atom. The minimum atomic E-state index is -0.911. The van der Waals surface area contributed by atoms with E-state index in [4.69, 9.17) is 9.84 Å². The summed E-state index contributed by atoms with van der Waals surface area (Å²) in [6.45, 7) is 7.56. The zero-order valence-electron chi connectivity index (χ0n) is 11.7. The Balaban J connectivity index is 1.91. The zero-order valence-corrected chi connectivity index (χ0v) is 11.7. The molecule has 0 saturated carbocycles. The van der Waals surface area contributed by atoms with Gasteiger partial charge < -0.3 is 9.84 Å². The summed E-state index contributed by atoms with van der Waals surface area (Å²) in [6, 6.07) is 8.82. The predicted molar refractivity (Wildman–Crippen MR) is 73.2 cm³/mol. The molecule has 1 aromatic rings. The third-order valence-corrected chi connectivity index (χ3v) is 3.69. The minimum Gasteiger partial charge on any atom is -0.480 e. The van der Waals surface area contributed by atoms with Gasteiger partial charge in [0.2, 0.25) is 0 Å². The first-order valence-corrected chi connectivity index (χ1v) is 6.56. The van der Waals surface area contributed by atoms with Crippen molar-refractivity contribution in [3.05, 3.63) is 35.4 Å². The first kappa shape index (κ1) is 14.0. The monoisotopic (exact) mass is 263 g/mol. The second kappa shape index (κ2) is 5.31. The molecule has 1 atom stereocenters. The number of carboxylic acids is 1. The summed E-state index contributed by atoms with van der Waals surface area (Å²) in [5.41, 5.74) is 2.23. The van der Waals surface area contributed by atoms with Gasteiger partial charge in [-0.05, 0) is 26.3 Å². The lowest BCUT2D eigenvalue weighted by atomic mass is 9.92. The molecule has 2 rings (SSSR count). The Morgan fingerprint density at radius 3 is 2.79 bits per heavy atom. The molecule has 1 aliphatic heterocycles. The SMILES string of the molecule is Cc1cccc(C(C)N2CC(C)(OCC(=O)O)C2)c1. The van der Waals surface area contributed by atoms with Crippen molar-refractivity contribution >= 4 is 5.97 Å². The standard InChI is InChI=1S/C15H21NO3/c1-11-5-4-6-13(7-11)12(2)16-9-15(3,10-16)19-8-14(17)18/h4-7,12H,8-10H2,1-3H3,(H,17,18). The molecule has 19 heavy (non-hydrogen) atoms. The molecule has 1 fully saturated rings. The van der Waals surface area contributed by atoms with Gasteiger partial charge in [-0.3, -0.25) is 4.90 Å². The molecule has 104 valence electrons. The average molecular weight is 263 g/mol. The van der Waals surface area contributed by atoms with Crippen molar-refractivity contribution in [3.63, 3.8) is 0 Å². The minimum absolute atomic E-state index is 0.219. The summed E-state index contributed by atoms with van der Waals surface area (Å²) < 4.78 is 5.43. The molecule has 1 aromatic carbocycles. The Morgan fingerprint density at radius 2 is 2.21 bits per heavy atom. The summed E-state index contributed by atoms with van der Waals surface area (Å²) in [4.78, 5) is 12.8. The van der Waals surface area contributed by atoms with Crippen LogP contribution >= 0.6 is 0 Å². The van der Waals surface area contributed by atoms with E-state index in [9.17, 15) is 4.79 Å². The van der Waals surface area contributed by atoms with Gasteiger partial charge >= 0.3 is 5.97 Å². The summed E-state index contributed by atoms with van der Waals surface area (Å²) in [5.74, 6) is -0.911. The maximum Gasteiger partial charge on any atom is 0.329 e. The topological polar surface area (TPSA) is 49.8 Å². The molecular formula is C15H21NO3. The first-order chi connectivity index (χ1) is 8.89. The van der Waals surface area contributed by atoms with Gasteiger partial charge in [-0.15, -0.1) is 0 Å². The number of aryl methyl sites for hydroxylation is 1. The molecule has 1 aliphatic rings. The molecule has 4 nitrogen and oxygen atoms in total. The lowest BCUT2D eigenvalue weighted by molar-refractivity contribution is -0.169. The predicted octanol–water partition coefficient (Wildman–Crippen LogP) is 2.23. The van der Waals surface area contributed by atoms with E-state index < -0.39 is 5.97 Å². The van der Waals surface area contributed by atoms with Gasteiger partial charge in [0, 0.05) is 19.1 Å². The number of carboxylic acid groups (broad SMARTS) is 1. The summed E-state index contributed by atoms with van der Waals surface area (Å²) in [7, 11) is 0. The molecule has 0 amide bonds. The van der Waals surface area contributed by atoms with Gasteiger partial charge in [0.25, 0.3) is 0 Å². The highest BCUT2D eigenvalue weighted by molar-refractivity contribution is 5.68. The third kappa shape index (κ3) is 3.33. The van der Waals surface area contributed by atoms with Gasteiger partial charge in [-0.25, -0.2) is 4.79 Å². The number of aliphatic carboxylic acids is 1. The number of likely N-dealkylation sites (tertiary alicyclic amines) is 1. The number of nitrogens with zero attached hydrogens (tertiary/aromatic N) is 1. The number of hydrogen-bond acceptors (Lipinski definition) is 3. The Bertz CT molecular complexity index is 466. The van der Waals surface area contributed by atoms with Crippen LogP contribution in [0.5, 0.6) is 0 Å². The van der Waals surface area contributed by atoms with Gasteiger partial charge in [-0.2, -0.15) is 0 Å². The Hall–Kier alpha value is -1.39. The van der Waals surface area contributed by atoms with Crippen LogP contribution in [-0.4, -0.2) is 41.3 Å². The second-order valence-electron chi connectivity index (χ2n) is 5.63. The van der Waals surface area contributed by atoms with Crippen molar-refractivity contribution in [1.82, 2.24) is 4.90 Å². The van der Waals surface area contributed by atoms with Crippen molar-refractivity contribution in [1.29, 1.82) is 0 Å². The molecule has 0 bridgehead atoms. The second-order valence-corrected chi connectivity index (χ2v) is 5.63. The van der Waals surface area contributed by atoms with Crippen molar-refractivity contribution in [2.75, 3.05) is 19.7 Å². The van der Waals surface area contributed by atoms with Crippen molar-refractivity contribution in [2.45, 2.75) is 32.4 Å². The van der Waals surface area contributed by atoms with Crippen molar-refractivity contribution in [3.8, 4) is 0 Å². The lowest BCUT2D eigenvalue weighted by Gasteiger charge is -2.50. The van der Waals surface area contributed by atoms with E-state index in [0.29, 0.717) is 6.04 Å². The fourth-order valence-corrected chi connectivity index (χ4v) is 2.55. The van der Waals surface area contributed by atoms with Crippen molar-refractivity contribution < 1.29 is 14.6 Å². The Labute approximate surface area is 114 Å². The molecule has 0 aromatic heterocycles. The highest BCUT2D eigenvalue weighted by Crippen LogP contribution is 2.33. The molecule has 0 spiro atoms. The number of rotatable bonds is 5. The fourth-order valence-electron chi connectivity index (χ4n) is 2.55. The van der Waals surface area contributed by atoms with Crippen LogP contribution in [0.1, 0.15) is 31.0 Å². The number of carbonyl (C=O) groups is 1. The fraction of sp³-hybridized carbons (Fsp3) is 0.533. The molecule has 1 saturated heterocycles. The summed E-state index contributed by atoms with van der Waals surface area (Å²) in [6.07, 6.45) is 0. The van der Waals surface area contributed by atoms with E-state index in [0.717, 1.165) is 13.1 Å². The van der Waals surface area contributed by atoms with Crippen LogP contribution < -0.4 is 0 Å². The van der Waals surface area contributed by atoms with E-state index in [1.54, 1.807) is 0 Å². The van der Waals surface area contributed by atoms with Crippen LogP contribution in [0, 0.1) is 6.92 Å². The number of benzene rings is 1. The number of hydrogen-bond donors (Lipinski definition) is 1. The molecule has 0 aliphatic carbocycles. The zero-order chi connectivity index (χ0) is 14.0. The van der Waals surface area contributed by atoms with Gasteiger partial charge in [0.15, 0.2) is 0 Å². The van der Waals surface area contributed by atoms with E-state index in [2.05, 4.69) is 43.0 Å². The van der Waals surface area contributed by atoms with Gasteiger partial charge in [-0.1, -0.05) is 29.8 Å². The van der Waals surface area contributed by atoms with Gasteiger partial charge in [0.1, 0.15) is 6.61 Å². The van der Waals surface area contributed by atoms with Gasteiger partial charge in [0.05, 0.1) is 5.60 Å². The van der Waals surface area contributed by atoms with Crippen LogP contribution in [0.15, 0.2) is 24.3 Å². The Kier molecular flexibility index (Phi) is 3.92. The molecule has 4 heteroatoms. The summed E-state index contributed by atoms with van der Waals surface area (Å²) >= 11 is 0. The summed E-state index contributed by atoms with van der Waals surface area (Å²) in [5, 5.41) is 8.64. The van der Waals surface area contributed by atoms with Crippen LogP contribution in [0.3, 0.4) is 0 Å². The molecule has 1 heterocycles. The van der Waals surface area contributed by atoms with E-state index >= 15 is 0 Å². The van der Waals surface area contributed by atoms with E-state index in [1.165, 1.54) is 11.1 Å². The molecule has 1 unspecified atom stereocenters. The highest BCUT2D eigenvalue weighted by atomic mass is 16.5. The average Bonchev–Trinajstić information content (AvgIpc) is 2.32. The van der Waals surface area contributed by atoms with Crippen LogP contribution in [0.25, 0.3) is 0 Å². The first-order valence-electron chi connectivity index (χ1n) is 6.56. The lowest BCUT2D eigenvalue weighted by Crippen LogP contribution is -2.62. The van der Waals surface area contributed by atoms with Crippen LogP contribution in [-0.2, 0) is 9.53 Å². The maximum absolute atomic E-state index is 10.5. The normalized spacial score (nSPS) is 19.7. The van der Waals surface area contributed by atoms with Crippen molar-refractivity contribution in [2.24, 2.45) is 0 Å². The van der Waals surface area contributed by atoms with E-state index in [1.807, 2.05) is 6.92 Å². The maximum atomic E-state index is 10.5. The number of ether oxygens (including phenoxy) is 1. The molecule has 0 radical (unpaired) electrons. The van der Waals surface area contributed by atoms with E-state index in [-0.39, 0.29) is 12.2 Å². The third-order valence-electron chi connectivity index (χ3n) is 3.69. The molecular weight excluding hydrogens is 242 g/mol. The largest absolute Gasteiger partial charge is 0.480 e. The van der Waals surface area contributed by atoms with Crippen LogP contribution in [0.4, 0.5) is 0 Å². The van der Waals surface area contributed by atoms with Crippen LogP contribution in [0.2, 0.25) is 0 Å². The highest BCUT2D eigenvalue weighted by Gasteiger charge is 2.42. The quantitative estimate of drug-likeness (QED) is 0.885. The molecule has 1 N–H and O–H groups in total.